The van der Waals surface area contributed by atoms with Crippen LogP contribution in [0.2, 0.25) is 0 Å². The van der Waals surface area contributed by atoms with Crippen molar-refractivity contribution in [3.8, 4) is 0 Å². The highest BCUT2D eigenvalue weighted by molar-refractivity contribution is 7.51. The first-order chi connectivity index (χ1) is 6.42. The maximum Gasteiger partial charge on any atom is 0.325 e. The van der Waals surface area contributed by atoms with E-state index < -0.39 is 20.0 Å². The molecule has 1 aliphatic heterocycles. The fourth-order valence-electron chi connectivity index (χ4n) is 1.30. The molecule has 0 spiro atoms. The molecule has 1 saturated heterocycles. The van der Waals surface area contributed by atoms with Crippen LogP contribution in [0.5, 0.6) is 0 Å². The molecule has 0 saturated carbocycles. The number of aliphatic hydroxyl groups is 1. The summed E-state index contributed by atoms with van der Waals surface area (Å²) in [6.45, 7) is 1.04. The average Bonchev–Trinajstić information content (AvgIpc) is 2.41. The molecular weight excluding hydrogens is 211 g/mol. The van der Waals surface area contributed by atoms with Crippen LogP contribution in [0.1, 0.15) is 6.42 Å². The summed E-state index contributed by atoms with van der Waals surface area (Å²) >= 11 is 0. The predicted octanol–water partition coefficient (Wildman–Crippen LogP) is -0.0595. The second kappa shape index (κ2) is 4.70. The molecule has 84 valence electrons. The second-order valence-corrected chi connectivity index (χ2v) is 5.10. The SMILES string of the molecule is COC1C[C@@H](O)O[C@@H]1COP(C)(=O)O. The summed E-state index contributed by atoms with van der Waals surface area (Å²) in [5.41, 5.74) is 0. The van der Waals surface area contributed by atoms with Crippen LogP contribution in [0.3, 0.4) is 0 Å². The number of hydrogen-bond donors (Lipinski definition) is 2. The molecule has 7 heteroatoms. The van der Waals surface area contributed by atoms with Gasteiger partial charge in [-0.3, -0.25) is 4.57 Å². The molecule has 0 amide bonds. The topological polar surface area (TPSA) is 85.2 Å². The Balaban J connectivity index is 2.40. The van der Waals surface area contributed by atoms with E-state index in [2.05, 4.69) is 4.52 Å². The van der Waals surface area contributed by atoms with Gasteiger partial charge in [0.2, 0.25) is 0 Å². The van der Waals surface area contributed by atoms with Crippen LogP contribution in [-0.2, 0) is 18.6 Å². The van der Waals surface area contributed by atoms with E-state index in [9.17, 15) is 4.57 Å². The highest BCUT2D eigenvalue weighted by Gasteiger charge is 2.35. The van der Waals surface area contributed by atoms with Crippen LogP contribution in [0.25, 0.3) is 0 Å². The molecule has 1 rings (SSSR count). The van der Waals surface area contributed by atoms with E-state index in [1.54, 1.807) is 0 Å². The molecule has 0 aromatic heterocycles. The number of ether oxygens (including phenoxy) is 2. The lowest BCUT2D eigenvalue weighted by Gasteiger charge is -2.17. The summed E-state index contributed by atoms with van der Waals surface area (Å²) in [4.78, 5) is 8.88. The average molecular weight is 226 g/mol. The largest absolute Gasteiger partial charge is 0.378 e. The molecule has 0 radical (unpaired) electrons. The Labute approximate surface area is 82.3 Å². The molecule has 14 heavy (non-hydrogen) atoms. The van der Waals surface area contributed by atoms with Crippen molar-refractivity contribution in [2.75, 3.05) is 20.4 Å². The highest BCUT2D eigenvalue weighted by Crippen LogP contribution is 2.37. The van der Waals surface area contributed by atoms with E-state index >= 15 is 0 Å². The van der Waals surface area contributed by atoms with Crippen molar-refractivity contribution in [1.82, 2.24) is 0 Å². The van der Waals surface area contributed by atoms with Gasteiger partial charge in [0, 0.05) is 20.2 Å². The van der Waals surface area contributed by atoms with Gasteiger partial charge >= 0.3 is 7.60 Å². The van der Waals surface area contributed by atoms with Crippen molar-refractivity contribution in [2.45, 2.75) is 24.9 Å². The van der Waals surface area contributed by atoms with Gasteiger partial charge in [0.25, 0.3) is 0 Å². The van der Waals surface area contributed by atoms with Crippen molar-refractivity contribution < 1.29 is 28.6 Å². The maximum atomic E-state index is 10.8. The number of methoxy groups -OCH3 is 1. The Morgan fingerprint density at radius 2 is 2.29 bits per heavy atom. The molecule has 4 atom stereocenters. The summed E-state index contributed by atoms with van der Waals surface area (Å²) < 4.78 is 25.6. The fraction of sp³-hybridized carbons (Fsp3) is 1.00. The van der Waals surface area contributed by atoms with Gasteiger partial charge in [0.05, 0.1) is 12.7 Å². The molecule has 1 heterocycles. The molecule has 0 aliphatic carbocycles. The molecule has 2 N–H and O–H groups in total. The monoisotopic (exact) mass is 226 g/mol. The minimum Gasteiger partial charge on any atom is -0.378 e. The van der Waals surface area contributed by atoms with Crippen molar-refractivity contribution in [3.63, 3.8) is 0 Å². The molecular formula is C7H15O6P. The molecule has 2 unspecified atom stereocenters. The summed E-state index contributed by atoms with van der Waals surface area (Å²) in [6.07, 6.45) is -1.32. The fourth-order valence-corrected chi connectivity index (χ4v) is 1.73. The van der Waals surface area contributed by atoms with Crippen molar-refractivity contribution in [1.29, 1.82) is 0 Å². The third-order valence-corrected chi connectivity index (χ3v) is 2.59. The van der Waals surface area contributed by atoms with Gasteiger partial charge in [-0.1, -0.05) is 0 Å². The molecule has 6 nitrogen and oxygen atoms in total. The quantitative estimate of drug-likeness (QED) is 0.653. The van der Waals surface area contributed by atoms with Crippen LogP contribution in [0.15, 0.2) is 0 Å². The standard InChI is InChI=1S/C7H15O6P/c1-11-5-3-7(8)13-6(5)4-12-14(2,9)10/h5-8H,3-4H2,1-2H3,(H,9,10)/t5?,6-,7+/m1/s1. The number of hydrogen-bond acceptors (Lipinski definition) is 5. The van der Waals surface area contributed by atoms with E-state index in [0.29, 0.717) is 6.42 Å². The van der Waals surface area contributed by atoms with Gasteiger partial charge in [0.15, 0.2) is 6.29 Å². The summed E-state index contributed by atoms with van der Waals surface area (Å²) in [5.74, 6) is 0. The van der Waals surface area contributed by atoms with E-state index in [4.69, 9.17) is 19.5 Å². The Kier molecular flexibility index (Phi) is 4.06. The number of rotatable bonds is 4. The van der Waals surface area contributed by atoms with Crippen LogP contribution < -0.4 is 0 Å². The van der Waals surface area contributed by atoms with Crippen molar-refractivity contribution in [3.05, 3.63) is 0 Å². The van der Waals surface area contributed by atoms with Gasteiger partial charge < -0.3 is 24.0 Å². The Morgan fingerprint density at radius 3 is 2.79 bits per heavy atom. The van der Waals surface area contributed by atoms with E-state index in [-0.39, 0.29) is 12.7 Å². The third kappa shape index (κ3) is 3.65. The number of aliphatic hydroxyl groups excluding tert-OH is 1. The zero-order chi connectivity index (χ0) is 10.8. The van der Waals surface area contributed by atoms with Crippen molar-refractivity contribution in [2.24, 2.45) is 0 Å². The lowest BCUT2D eigenvalue weighted by molar-refractivity contribution is -0.107. The lowest BCUT2D eigenvalue weighted by Crippen LogP contribution is -2.27. The lowest BCUT2D eigenvalue weighted by atomic mass is 10.2. The minimum absolute atomic E-state index is 0.0557. The molecule has 0 bridgehead atoms. The summed E-state index contributed by atoms with van der Waals surface area (Å²) in [6, 6.07) is 0. The van der Waals surface area contributed by atoms with Crippen LogP contribution in [0, 0.1) is 0 Å². The first-order valence-electron chi connectivity index (χ1n) is 4.23. The zero-order valence-corrected chi connectivity index (χ0v) is 9.02. The molecule has 1 aliphatic rings. The predicted molar refractivity (Wildman–Crippen MR) is 48.0 cm³/mol. The van der Waals surface area contributed by atoms with Gasteiger partial charge in [0.1, 0.15) is 6.10 Å². The van der Waals surface area contributed by atoms with E-state index in [1.807, 2.05) is 0 Å². The van der Waals surface area contributed by atoms with Gasteiger partial charge in [-0.25, -0.2) is 0 Å². The first kappa shape index (κ1) is 12.1. The van der Waals surface area contributed by atoms with E-state index in [0.717, 1.165) is 6.66 Å². The van der Waals surface area contributed by atoms with Gasteiger partial charge in [-0.15, -0.1) is 0 Å². The van der Waals surface area contributed by atoms with E-state index in [1.165, 1.54) is 7.11 Å². The Morgan fingerprint density at radius 1 is 1.64 bits per heavy atom. The molecule has 1 fully saturated rings. The molecule has 0 aromatic carbocycles. The second-order valence-electron chi connectivity index (χ2n) is 3.24. The third-order valence-electron chi connectivity index (χ3n) is 1.96. The Bertz CT molecular complexity index is 226. The maximum absolute atomic E-state index is 10.8. The van der Waals surface area contributed by atoms with Crippen LogP contribution >= 0.6 is 7.60 Å². The smallest absolute Gasteiger partial charge is 0.325 e. The summed E-state index contributed by atoms with van der Waals surface area (Å²) in [7, 11) is -2.00. The first-order valence-corrected chi connectivity index (χ1v) is 6.26. The highest BCUT2D eigenvalue weighted by atomic mass is 31.2. The van der Waals surface area contributed by atoms with Crippen LogP contribution in [-0.4, -0.2) is 48.9 Å². The van der Waals surface area contributed by atoms with Gasteiger partial charge in [-0.2, -0.15) is 0 Å². The zero-order valence-electron chi connectivity index (χ0n) is 8.12. The summed E-state index contributed by atoms with van der Waals surface area (Å²) in [5, 5.41) is 9.14. The Hall–Kier alpha value is 0.0300. The normalized spacial score (nSPS) is 37.0. The van der Waals surface area contributed by atoms with Crippen LogP contribution in [0.4, 0.5) is 0 Å². The minimum atomic E-state index is -3.49. The molecule has 0 aromatic rings. The van der Waals surface area contributed by atoms with Crippen molar-refractivity contribution >= 4 is 7.60 Å². The van der Waals surface area contributed by atoms with Gasteiger partial charge in [-0.05, 0) is 0 Å².